The van der Waals surface area contributed by atoms with Crippen molar-refractivity contribution in [3.05, 3.63) is 58.9 Å². The van der Waals surface area contributed by atoms with Gasteiger partial charge in [0, 0.05) is 17.3 Å². The standard InChI is InChI=1S/C15H15ClN2OS/c1-10(11-3-5-12(20-2)6-4-11)18-15(19)13-7-8-17-9-14(13)16/h3-10H,1-2H3,(H,18,19). The van der Waals surface area contributed by atoms with Crippen molar-refractivity contribution in [3.63, 3.8) is 0 Å². The molecule has 0 radical (unpaired) electrons. The largest absolute Gasteiger partial charge is 0.345 e. The lowest BCUT2D eigenvalue weighted by Gasteiger charge is -2.15. The van der Waals surface area contributed by atoms with E-state index < -0.39 is 0 Å². The fraction of sp³-hybridized carbons (Fsp3) is 0.200. The van der Waals surface area contributed by atoms with Crippen molar-refractivity contribution in [1.29, 1.82) is 0 Å². The van der Waals surface area contributed by atoms with Gasteiger partial charge in [-0.3, -0.25) is 9.78 Å². The Labute approximate surface area is 127 Å². The number of benzene rings is 1. The van der Waals surface area contributed by atoms with Gasteiger partial charge in [0.25, 0.3) is 5.91 Å². The van der Waals surface area contributed by atoms with Gasteiger partial charge in [0.2, 0.25) is 0 Å². The van der Waals surface area contributed by atoms with E-state index >= 15 is 0 Å². The number of nitrogens with zero attached hydrogens (tertiary/aromatic N) is 1. The van der Waals surface area contributed by atoms with Crippen molar-refractivity contribution >= 4 is 29.3 Å². The Balaban J connectivity index is 2.09. The maximum atomic E-state index is 12.1. The summed E-state index contributed by atoms with van der Waals surface area (Å²) in [5.74, 6) is -0.196. The zero-order chi connectivity index (χ0) is 14.5. The summed E-state index contributed by atoms with van der Waals surface area (Å²) in [5.41, 5.74) is 1.50. The topological polar surface area (TPSA) is 42.0 Å². The first kappa shape index (κ1) is 14.9. The number of thioether (sulfide) groups is 1. The molecule has 3 nitrogen and oxygen atoms in total. The van der Waals surface area contributed by atoms with Crippen molar-refractivity contribution in [2.45, 2.75) is 17.9 Å². The maximum Gasteiger partial charge on any atom is 0.253 e. The van der Waals surface area contributed by atoms with Gasteiger partial charge in [-0.15, -0.1) is 11.8 Å². The van der Waals surface area contributed by atoms with Gasteiger partial charge in [0.15, 0.2) is 0 Å². The SMILES string of the molecule is CSc1ccc(C(C)NC(=O)c2ccncc2Cl)cc1. The van der Waals surface area contributed by atoms with Crippen molar-refractivity contribution in [1.82, 2.24) is 10.3 Å². The van der Waals surface area contributed by atoms with Crippen molar-refractivity contribution in [3.8, 4) is 0 Å². The van der Waals surface area contributed by atoms with Crippen LogP contribution in [0.2, 0.25) is 5.02 Å². The third-order valence-electron chi connectivity index (χ3n) is 2.98. The number of pyridine rings is 1. The van der Waals surface area contributed by atoms with Gasteiger partial charge >= 0.3 is 0 Å². The molecule has 0 saturated carbocycles. The summed E-state index contributed by atoms with van der Waals surface area (Å²) in [6, 6.07) is 9.66. The zero-order valence-corrected chi connectivity index (χ0v) is 12.8. The second kappa shape index (κ2) is 6.77. The summed E-state index contributed by atoms with van der Waals surface area (Å²) in [6.07, 6.45) is 5.05. The highest BCUT2D eigenvalue weighted by Crippen LogP contribution is 2.20. The fourth-order valence-corrected chi connectivity index (χ4v) is 2.42. The Kier molecular flexibility index (Phi) is 5.04. The van der Waals surface area contributed by atoms with E-state index in [4.69, 9.17) is 11.6 Å². The number of halogens is 1. The van der Waals surface area contributed by atoms with E-state index in [9.17, 15) is 4.79 Å². The van der Waals surface area contributed by atoms with Crippen LogP contribution in [0.5, 0.6) is 0 Å². The minimum atomic E-state index is -0.196. The molecular weight excluding hydrogens is 292 g/mol. The maximum absolute atomic E-state index is 12.1. The zero-order valence-electron chi connectivity index (χ0n) is 11.3. The highest BCUT2D eigenvalue weighted by atomic mass is 35.5. The highest BCUT2D eigenvalue weighted by molar-refractivity contribution is 7.98. The molecule has 2 rings (SSSR count). The second-order valence-electron chi connectivity index (χ2n) is 4.32. The summed E-state index contributed by atoms with van der Waals surface area (Å²) in [6.45, 7) is 1.95. The monoisotopic (exact) mass is 306 g/mol. The van der Waals surface area contributed by atoms with Gasteiger partial charge in [-0.25, -0.2) is 0 Å². The van der Waals surface area contributed by atoms with Gasteiger partial charge < -0.3 is 5.32 Å². The molecule has 5 heteroatoms. The van der Waals surface area contributed by atoms with Crippen molar-refractivity contribution < 1.29 is 4.79 Å². The predicted molar refractivity (Wildman–Crippen MR) is 83.4 cm³/mol. The number of aromatic nitrogens is 1. The predicted octanol–water partition coefficient (Wildman–Crippen LogP) is 3.95. The number of hydrogen-bond donors (Lipinski definition) is 1. The number of carbonyl (C=O) groups excluding carboxylic acids is 1. The van der Waals surface area contributed by atoms with E-state index in [0.29, 0.717) is 10.6 Å². The van der Waals surface area contributed by atoms with Gasteiger partial charge in [-0.1, -0.05) is 23.7 Å². The molecule has 0 aliphatic heterocycles. The lowest BCUT2D eigenvalue weighted by atomic mass is 10.1. The molecule has 1 amide bonds. The first-order valence-corrected chi connectivity index (χ1v) is 7.76. The van der Waals surface area contributed by atoms with E-state index in [1.54, 1.807) is 24.0 Å². The van der Waals surface area contributed by atoms with Crippen LogP contribution in [-0.2, 0) is 0 Å². The Morgan fingerprint density at radius 1 is 1.30 bits per heavy atom. The van der Waals surface area contributed by atoms with E-state index in [2.05, 4.69) is 10.3 Å². The van der Waals surface area contributed by atoms with Crippen LogP contribution in [0.25, 0.3) is 0 Å². The molecule has 0 spiro atoms. The summed E-state index contributed by atoms with van der Waals surface area (Å²) < 4.78 is 0. The smallest absolute Gasteiger partial charge is 0.253 e. The van der Waals surface area contributed by atoms with Gasteiger partial charge in [0.05, 0.1) is 16.6 Å². The number of rotatable bonds is 4. The Bertz CT molecular complexity index is 601. The molecule has 0 aliphatic carbocycles. The summed E-state index contributed by atoms with van der Waals surface area (Å²) in [4.78, 5) is 17.2. The van der Waals surface area contributed by atoms with Crippen LogP contribution >= 0.6 is 23.4 Å². The molecule has 1 heterocycles. The minimum Gasteiger partial charge on any atom is -0.345 e. The van der Waals surface area contributed by atoms with Crippen LogP contribution in [0.1, 0.15) is 28.9 Å². The molecule has 1 atom stereocenters. The van der Waals surface area contributed by atoms with Gasteiger partial charge in [0.1, 0.15) is 0 Å². The number of carbonyl (C=O) groups is 1. The van der Waals surface area contributed by atoms with E-state index in [0.717, 1.165) is 5.56 Å². The van der Waals surface area contributed by atoms with E-state index in [1.807, 2.05) is 37.4 Å². The molecule has 0 saturated heterocycles. The Morgan fingerprint density at radius 3 is 2.60 bits per heavy atom. The third kappa shape index (κ3) is 3.52. The molecule has 0 bridgehead atoms. The van der Waals surface area contributed by atoms with Crippen LogP contribution in [0.15, 0.2) is 47.6 Å². The summed E-state index contributed by atoms with van der Waals surface area (Å²) in [5, 5.41) is 3.29. The van der Waals surface area contributed by atoms with Gasteiger partial charge in [-0.2, -0.15) is 0 Å². The number of nitrogens with one attached hydrogen (secondary N) is 1. The van der Waals surface area contributed by atoms with E-state index in [1.165, 1.54) is 11.1 Å². The second-order valence-corrected chi connectivity index (χ2v) is 5.61. The Morgan fingerprint density at radius 2 is 2.00 bits per heavy atom. The van der Waals surface area contributed by atoms with Crippen LogP contribution in [0.4, 0.5) is 0 Å². The van der Waals surface area contributed by atoms with Crippen molar-refractivity contribution in [2.75, 3.05) is 6.26 Å². The quantitative estimate of drug-likeness (QED) is 0.870. The molecule has 0 aliphatic rings. The van der Waals surface area contributed by atoms with Crippen LogP contribution in [0, 0.1) is 0 Å². The molecule has 1 aromatic heterocycles. The number of amides is 1. The highest BCUT2D eigenvalue weighted by Gasteiger charge is 2.13. The molecule has 104 valence electrons. The lowest BCUT2D eigenvalue weighted by molar-refractivity contribution is 0.0940. The molecule has 1 aromatic carbocycles. The molecule has 2 aromatic rings. The fourth-order valence-electron chi connectivity index (χ4n) is 1.81. The molecule has 1 unspecified atom stereocenters. The van der Waals surface area contributed by atoms with E-state index in [-0.39, 0.29) is 11.9 Å². The molecular formula is C15H15ClN2OS. The average Bonchev–Trinajstić information content (AvgIpc) is 2.47. The minimum absolute atomic E-state index is 0.0809. The lowest BCUT2D eigenvalue weighted by Crippen LogP contribution is -2.26. The van der Waals surface area contributed by atoms with Crippen LogP contribution in [-0.4, -0.2) is 17.1 Å². The number of hydrogen-bond acceptors (Lipinski definition) is 3. The molecule has 1 N–H and O–H groups in total. The summed E-state index contributed by atoms with van der Waals surface area (Å²) in [7, 11) is 0. The summed E-state index contributed by atoms with van der Waals surface area (Å²) >= 11 is 7.65. The van der Waals surface area contributed by atoms with Gasteiger partial charge in [-0.05, 0) is 36.9 Å². The molecule has 0 fully saturated rings. The molecule has 20 heavy (non-hydrogen) atoms. The first-order valence-electron chi connectivity index (χ1n) is 6.16. The van der Waals surface area contributed by atoms with Crippen LogP contribution < -0.4 is 5.32 Å². The normalized spacial score (nSPS) is 11.9. The van der Waals surface area contributed by atoms with Crippen molar-refractivity contribution in [2.24, 2.45) is 0 Å². The Hall–Kier alpha value is -1.52. The third-order valence-corrected chi connectivity index (χ3v) is 4.03. The van der Waals surface area contributed by atoms with Crippen LogP contribution in [0.3, 0.4) is 0 Å². The first-order chi connectivity index (χ1) is 9.61. The average molecular weight is 307 g/mol.